The highest BCUT2D eigenvalue weighted by atomic mass is 32.2. The van der Waals surface area contributed by atoms with E-state index in [1.54, 1.807) is 11.5 Å². The normalized spacial score (nSPS) is 11.4. The minimum Gasteiger partial charge on any atom is -0.333 e. The average Bonchev–Trinajstić information content (AvgIpc) is 2.96. The zero-order valence-electron chi connectivity index (χ0n) is 13.2. The molecule has 23 heavy (non-hydrogen) atoms. The molecule has 0 atom stereocenters. The van der Waals surface area contributed by atoms with Crippen LogP contribution in [0.1, 0.15) is 28.4 Å². The molecule has 0 radical (unpaired) electrons. The first kappa shape index (κ1) is 15.6. The molecule has 0 aliphatic carbocycles. The van der Waals surface area contributed by atoms with E-state index in [-0.39, 0.29) is 5.78 Å². The van der Waals surface area contributed by atoms with Crippen LogP contribution in [0.3, 0.4) is 0 Å². The van der Waals surface area contributed by atoms with E-state index in [1.165, 1.54) is 22.9 Å². The van der Waals surface area contributed by atoms with Crippen molar-refractivity contribution in [3.05, 3.63) is 70.6 Å². The molecule has 1 heterocycles. The zero-order valence-corrected chi connectivity index (χ0v) is 14.0. The number of nitrogens with one attached hydrogen (secondary N) is 1. The summed E-state index contributed by atoms with van der Waals surface area (Å²) in [7, 11) is 0. The molecule has 1 N–H and O–H groups in total. The highest BCUT2D eigenvalue weighted by Crippen LogP contribution is 2.21. The maximum absolute atomic E-state index is 12.1. The van der Waals surface area contributed by atoms with Crippen LogP contribution in [0.5, 0.6) is 0 Å². The van der Waals surface area contributed by atoms with Gasteiger partial charge in [0.25, 0.3) is 0 Å². The number of aromatic amines is 1. The Kier molecular flexibility index (Phi) is 4.63. The summed E-state index contributed by atoms with van der Waals surface area (Å²) < 4.78 is 0. The number of aryl methyl sites for hydroxylation is 2. The molecule has 0 spiro atoms. The number of allylic oxidation sites excluding steroid dienone is 1. The second-order valence-corrected chi connectivity index (χ2v) is 6.29. The third kappa shape index (κ3) is 3.71. The number of nitrogens with zero attached hydrogens (tertiary/aromatic N) is 1. The number of benzene rings is 2. The quantitative estimate of drug-likeness (QED) is 0.412. The number of thioether (sulfide) groups is 1. The van der Waals surface area contributed by atoms with E-state index >= 15 is 0 Å². The first-order valence-corrected chi connectivity index (χ1v) is 8.46. The number of hydrogen-bond donors (Lipinski definition) is 1. The Hall–Kier alpha value is -2.33. The molecule has 0 amide bonds. The molecule has 0 aliphatic heterocycles. The molecule has 0 saturated heterocycles. The van der Waals surface area contributed by atoms with Crippen molar-refractivity contribution in [1.82, 2.24) is 9.97 Å². The third-order valence-corrected chi connectivity index (χ3v) is 4.35. The second-order valence-electron chi connectivity index (χ2n) is 5.40. The van der Waals surface area contributed by atoms with E-state index in [1.807, 2.05) is 36.4 Å². The fraction of sp³-hybridized carbons (Fsp3) is 0.158. The molecule has 3 rings (SSSR count). The van der Waals surface area contributed by atoms with Crippen molar-refractivity contribution in [3.63, 3.8) is 0 Å². The van der Waals surface area contributed by atoms with E-state index in [4.69, 9.17) is 0 Å². The number of imidazole rings is 1. The molecule has 1 aromatic heterocycles. The number of carbonyl (C=O) groups excluding carboxylic acids is 1. The van der Waals surface area contributed by atoms with Crippen LogP contribution in [-0.4, -0.2) is 15.8 Å². The molecule has 2 aromatic carbocycles. The smallest absolute Gasteiger partial charge is 0.186 e. The van der Waals surface area contributed by atoms with Gasteiger partial charge in [-0.2, -0.15) is 0 Å². The number of H-pyrrole nitrogens is 1. The van der Waals surface area contributed by atoms with Crippen LogP contribution in [0.2, 0.25) is 0 Å². The topological polar surface area (TPSA) is 45.8 Å². The molecular formula is C19H18N2OS. The second kappa shape index (κ2) is 6.84. The minimum atomic E-state index is 0.00658. The summed E-state index contributed by atoms with van der Waals surface area (Å²) in [5.74, 6) is 0.00658. The van der Waals surface area contributed by atoms with Crippen LogP contribution in [0.4, 0.5) is 0 Å². The van der Waals surface area contributed by atoms with E-state index in [0.717, 1.165) is 22.6 Å². The van der Waals surface area contributed by atoms with Gasteiger partial charge in [0.1, 0.15) is 0 Å². The average molecular weight is 322 g/mol. The van der Waals surface area contributed by atoms with Crippen LogP contribution >= 0.6 is 11.8 Å². The lowest BCUT2D eigenvalue weighted by molar-refractivity contribution is 0.104. The highest BCUT2D eigenvalue weighted by molar-refractivity contribution is 8.02. The fourth-order valence-electron chi connectivity index (χ4n) is 2.32. The van der Waals surface area contributed by atoms with Gasteiger partial charge in [-0.25, -0.2) is 4.98 Å². The van der Waals surface area contributed by atoms with E-state index < -0.39 is 0 Å². The maximum Gasteiger partial charge on any atom is 0.186 e. The van der Waals surface area contributed by atoms with Gasteiger partial charge < -0.3 is 4.98 Å². The van der Waals surface area contributed by atoms with Crippen LogP contribution in [-0.2, 0) is 6.42 Å². The Labute approximate surface area is 139 Å². The monoisotopic (exact) mass is 322 g/mol. The maximum atomic E-state index is 12.1. The summed E-state index contributed by atoms with van der Waals surface area (Å²) in [6.07, 6.45) is 2.57. The van der Waals surface area contributed by atoms with Crippen LogP contribution < -0.4 is 0 Å². The van der Waals surface area contributed by atoms with Crippen molar-refractivity contribution in [2.75, 3.05) is 0 Å². The number of carbonyl (C=O) groups is 1. The molecule has 0 saturated carbocycles. The van der Waals surface area contributed by atoms with Crippen molar-refractivity contribution in [2.24, 2.45) is 0 Å². The first-order valence-electron chi connectivity index (χ1n) is 7.58. The number of rotatable bonds is 5. The highest BCUT2D eigenvalue weighted by Gasteiger charge is 2.04. The zero-order chi connectivity index (χ0) is 16.2. The predicted octanol–water partition coefficient (Wildman–Crippen LogP) is 4.92. The van der Waals surface area contributed by atoms with Gasteiger partial charge in [-0.3, -0.25) is 4.79 Å². The third-order valence-electron chi connectivity index (χ3n) is 3.66. The number of ketones is 1. The molecule has 0 bridgehead atoms. The van der Waals surface area contributed by atoms with Gasteiger partial charge in [-0.15, -0.1) is 0 Å². The van der Waals surface area contributed by atoms with Gasteiger partial charge in [0, 0.05) is 5.56 Å². The lowest BCUT2D eigenvalue weighted by atomic mass is 10.1. The Morgan fingerprint density at radius 2 is 2.00 bits per heavy atom. The molecule has 116 valence electrons. The molecule has 3 nitrogen and oxygen atoms in total. The molecule has 0 aliphatic rings. The largest absolute Gasteiger partial charge is 0.333 e. The van der Waals surface area contributed by atoms with Crippen molar-refractivity contribution >= 4 is 28.6 Å². The number of fused-ring (bicyclic) bond motifs is 1. The SMILES string of the molecule is CCc1ccc(C(=O)/C=C/Sc2nc3ccc(C)cc3[nH]2)cc1. The Morgan fingerprint density at radius 1 is 1.22 bits per heavy atom. The molecule has 4 heteroatoms. The van der Waals surface area contributed by atoms with Crippen LogP contribution in [0.15, 0.2) is 59.1 Å². The Morgan fingerprint density at radius 3 is 2.74 bits per heavy atom. The van der Waals surface area contributed by atoms with Crippen molar-refractivity contribution in [1.29, 1.82) is 0 Å². The first-order chi connectivity index (χ1) is 11.2. The molecule has 0 unspecified atom stereocenters. The molecule has 0 fully saturated rings. The van der Waals surface area contributed by atoms with Gasteiger partial charge in [-0.1, -0.05) is 49.0 Å². The van der Waals surface area contributed by atoms with Gasteiger partial charge in [0.2, 0.25) is 0 Å². The van der Waals surface area contributed by atoms with Crippen LogP contribution in [0, 0.1) is 6.92 Å². The van der Waals surface area contributed by atoms with E-state index in [2.05, 4.69) is 29.9 Å². The van der Waals surface area contributed by atoms with Gasteiger partial charge in [-0.05, 0) is 48.1 Å². The lowest BCUT2D eigenvalue weighted by Gasteiger charge is -1.98. The summed E-state index contributed by atoms with van der Waals surface area (Å²) >= 11 is 1.41. The Bertz CT molecular complexity index is 863. The van der Waals surface area contributed by atoms with Gasteiger partial charge >= 0.3 is 0 Å². The van der Waals surface area contributed by atoms with Gasteiger partial charge in [0.05, 0.1) is 11.0 Å². The van der Waals surface area contributed by atoms with Crippen molar-refractivity contribution in [2.45, 2.75) is 25.4 Å². The Balaban J connectivity index is 1.67. The number of hydrogen-bond acceptors (Lipinski definition) is 3. The van der Waals surface area contributed by atoms with Crippen LogP contribution in [0.25, 0.3) is 11.0 Å². The number of aromatic nitrogens is 2. The minimum absolute atomic E-state index is 0.00658. The van der Waals surface area contributed by atoms with Crippen molar-refractivity contribution in [3.8, 4) is 0 Å². The summed E-state index contributed by atoms with van der Waals surface area (Å²) in [5, 5.41) is 2.57. The van der Waals surface area contributed by atoms with E-state index in [0.29, 0.717) is 5.56 Å². The standard InChI is InChI=1S/C19H18N2OS/c1-3-14-5-7-15(8-6-14)18(22)10-11-23-19-20-16-9-4-13(2)12-17(16)21-19/h4-12H,3H2,1-2H3,(H,20,21)/b11-10+. The molecular weight excluding hydrogens is 304 g/mol. The van der Waals surface area contributed by atoms with Gasteiger partial charge in [0.15, 0.2) is 10.9 Å². The molecule has 3 aromatic rings. The van der Waals surface area contributed by atoms with E-state index in [9.17, 15) is 4.79 Å². The summed E-state index contributed by atoms with van der Waals surface area (Å²) in [6.45, 7) is 4.15. The summed E-state index contributed by atoms with van der Waals surface area (Å²) in [4.78, 5) is 19.9. The fourth-order valence-corrected chi connectivity index (χ4v) is 2.96. The summed E-state index contributed by atoms with van der Waals surface area (Å²) in [6, 6.07) is 13.8. The lowest BCUT2D eigenvalue weighted by Crippen LogP contribution is -1.94. The van der Waals surface area contributed by atoms with Crippen molar-refractivity contribution < 1.29 is 4.79 Å². The summed E-state index contributed by atoms with van der Waals surface area (Å²) in [5.41, 5.74) is 5.09. The predicted molar refractivity (Wildman–Crippen MR) is 96.0 cm³/mol.